The van der Waals surface area contributed by atoms with Crippen molar-refractivity contribution in [2.24, 2.45) is 0 Å². The summed E-state index contributed by atoms with van der Waals surface area (Å²) in [6.07, 6.45) is 3.15. The Kier molecular flexibility index (Phi) is 5.90. The van der Waals surface area contributed by atoms with Crippen molar-refractivity contribution in [1.82, 2.24) is 9.97 Å². The number of anilines is 2. The Bertz CT molecular complexity index is 1400. The number of epoxide rings is 1. The second-order valence-electron chi connectivity index (χ2n) is 7.21. The molecule has 2 aromatic heterocycles. The number of nitrogens with one attached hydrogen (secondary N) is 2. The van der Waals surface area contributed by atoms with Crippen LogP contribution in [0.2, 0.25) is 0 Å². The summed E-state index contributed by atoms with van der Waals surface area (Å²) in [7, 11) is 0. The zero-order valence-corrected chi connectivity index (χ0v) is 18.3. The predicted molar refractivity (Wildman–Crippen MR) is 123 cm³/mol. The Morgan fingerprint density at radius 1 is 1.21 bits per heavy atom. The number of pyridine rings is 1. The third-order valence-corrected chi connectivity index (χ3v) is 5.51. The maximum Gasteiger partial charge on any atom is 0.325 e. The highest BCUT2D eigenvalue weighted by atomic mass is 32.1. The van der Waals surface area contributed by atoms with Gasteiger partial charge < -0.3 is 19.5 Å². The van der Waals surface area contributed by atoms with Gasteiger partial charge in [0.15, 0.2) is 5.13 Å². The van der Waals surface area contributed by atoms with Gasteiger partial charge >= 0.3 is 6.03 Å². The Labute approximate surface area is 196 Å². The molecule has 0 saturated carbocycles. The molecule has 3 heterocycles. The van der Waals surface area contributed by atoms with E-state index >= 15 is 0 Å². The second kappa shape index (κ2) is 9.30. The standard InChI is InChI=1S/C23H16FN5O4S/c24-17-8-14(1-2-18(17)28-22(30)29-23-27-5-6-34-23)33-20-3-4-26-19-9-21(32-12-15-11-31-15)13(10-25)7-16(19)20/h1-9,15H,11-12H2,(H2,27,28,29,30)/t15-/m1/s1. The van der Waals surface area contributed by atoms with E-state index in [0.29, 0.717) is 46.3 Å². The van der Waals surface area contributed by atoms with E-state index in [1.54, 1.807) is 36.0 Å². The Balaban J connectivity index is 1.34. The minimum Gasteiger partial charge on any atom is -0.489 e. The van der Waals surface area contributed by atoms with Crippen molar-refractivity contribution in [3.8, 4) is 23.3 Å². The number of halogens is 1. The number of nitrogens with zero attached hydrogens (tertiary/aromatic N) is 3. The first-order valence-electron chi connectivity index (χ1n) is 10.1. The number of amides is 2. The van der Waals surface area contributed by atoms with Crippen molar-refractivity contribution >= 4 is 39.1 Å². The third kappa shape index (κ3) is 4.88. The van der Waals surface area contributed by atoms with Gasteiger partial charge in [0.25, 0.3) is 0 Å². The van der Waals surface area contributed by atoms with E-state index in [4.69, 9.17) is 14.2 Å². The van der Waals surface area contributed by atoms with Crippen molar-refractivity contribution < 1.29 is 23.4 Å². The summed E-state index contributed by atoms with van der Waals surface area (Å²) in [6, 6.07) is 10.5. The van der Waals surface area contributed by atoms with Crippen LogP contribution in [0.4, 0.5) is 20.0 Å². The highest BCUT2D eigenvalue weighted by Gasteiger charge is 2.24. The lowest BCUT2D eigenvalue weighted by atomic mass is 10.1. The number of aromatic nitrogens is 2. The molecule has 0 unspecified atom stereocenters. The van der Waals surface area contributed by atoms with Crippen LogP contribution in [0.25, 0.3) is 10.9 Å². The Morgan fingerprint density at radius 2 is 2.09 bits per heavy atom. The molecule has 2 N–H and O–H groups in total. The molecule has 11 heteroatoms. The number of benzene rings is 2. The molecule has 170 valence electrons. The third-order valence-electron chi connectivity index (χ3n) is 4.82. The van der Waals surface area contributed by atoms with Crippen LogP contribution >= 0.6 is 11.3 Å². The number of fused-ring (bicyclic) bond motifs is 1. The van der Waals surface area contributed by atoms with Crippen LogP contribution in [0.15, 0.2) is 54.2 Å². The van der Waals surface area contributed by atoms with Crippen LogP contribution in [0.1, 0.15) is 5.56 Å². The number of hydrogen-bond donors (Lipinski definition) is 2. The monoisotopic (exact) mass is 477 g/mol. The maximum atomic E-state index is 14.6. The lowest BCUT2D eigenvalue weighted by Crippen LogP contribution is -2.19. The lowest BCUT2D eigenvalue weighted by molar-refractivity contribution is 0.262. The summed E-state index contributed by atoms with van der Waals surface area (Å²) in [4.78, 5) is 20.3. The lowest BCUT2D eigenvalue weighted by Gasteiger charge is -2.12. The van der Waals surface area contributed by atoms with Gasteiger partial charge in [0.2, 0.25) is 0 Å². The number of thiazole rings is 1. The van der Waals surface area contributed by atoms with E-state index in [-0.39, 0.29) is 17.5 Å². The molecule has 2 aromatic carbocycles. The zero-order chi connectivity index (χ0) is 23.5. The molecule has 1 aliphatic rings. The number of rotatable bonds is 7. The second-order valence-corrected chi connectivity index (χ2v) is 8.11. The number of carbonyl (C=O) groups excluding carboxylic acids is 1. The molecule has 1 fully saturated rings. The van der Waals surface area contributed by atoms with Gasteiger partial charge in [-0.1, -0.05) is 0 Å². The Hall–Kier alpha value is -4.27. The van der Waals surface area contributed by atoms with Crippen molar-refractivity contribution in [2.45, 2.75) is 6.10 Å². The van der Waals surface area contributed by atoms with Crippen LogP contribution < -0.4 is 20.1 Å². The highest BCUT2D eigenvalue weighted by Crippen LogP contribution is 2.34. The molecule has 0 radical (unpaired) electrons. The summed E-state index contributed by atoms with van der Waals surface area (Å²) in [5, 5.41) is 17.2. The first kappa shape index (κ1) is 21.6. The van der Waals surface area contributed by atoms with E-state index in [9.17, 15) is 14.4 Å². The van der Waals surface area contributed by atoms with E-state index in [1.807, 2.05) is 0 Å². The number of carbonyl (C=O) groups is 1. The molecule has 5 rings (SSSR count). The van der Waals surface area contributed by atoms with Gasteiger partial charge in [-0.2, -0.15) is 5.26 Å². The van der Waals surface area contributed by atoms with Gasteiger partial charge in [-0.25, -0.2) is 14.2 Å². The maximum absolute atomic E-state index is 14.6. The smallest absolute Gasteiger partial charge is 0.325 e. The summed E-state index contributed by atoms with van der Waals surface area (Å²) in [5.74, 6) is 0.328. The fraction of sp³-hybridized carbons (Fsp3) is 0.130. The van der Waals surface area contributed by atoms with E-state index in [0.717, 1.165) is 6.07 Å². The number of urea groups is 1. The molecular formula is C23H16FN5O4S. The molecule has 2 amide bonds. The van der Waals surface area contributed by atoms with Gasteiger partial charge in [-0.05, 0) is 24.3 Å². The fourth-order valence-corrected chi connectivity index (χ4v) is 3.64. The van der Waals surface area contributed by atoms with Crippen LogP contribution in [0, 0.1) is 17.1 Å². The zero-order valence-electron chi connectivity index (χ0n) is 17.4. The normalized spacial score (nSPS) is 14.3. The molecule has 9 nitrogen and oxygen atoms in total. The van der Waals surface area contributed by atoms with Gasteiger partial charge in [0.1, 0.15) is 41.8 Å². The van der Waals surface area contributed by atoms with Crippen LogP contribution in [0.5, 0.6) is 17.2 Å². The summed E-state index contributed by atoms with van der Waals surface area (Å²) in [5.41, 5.74) is 0.859. The fourth-order valence-electron chi connectivity index (χ4n) is 3.11. The van der Waals surface area contributed by atoms with Gasteiger partial charge in [0.05, 0.1) is 23.4 Å². The first-order chi connectivity index (χ1) is 16.6. The van der Waals surface area contributed by atoms with Crippen LogP contribution in [-0.2, 0) is 4.74 Å². The van der Waals surface area contributed by atoms with Gasteiger partial charge in [-0.3, -0.25) is 10.3 Å². The topological polar surface area (TPSA) is 122 Å². The van der Waals surface area contributed by atoms with Gasteiger partial charge in [-0.15, -0.1) is 11.3 Å². The number of hydrogen-bond acceptors (Lipinski definition) is 8. The molecular weight excluding hydrogens is 461 g/mol. The minimum absolute atomic E-state index is 0.0193. The van der Waals surface area contributed by atoms with Crippen LogP contribution in [-0.4, -0.2) is 35.3 Å². The van der Waals surface area contributed by atoms with Crippen molar-refractivity contribution in [3.05, 3.63) is 65.6 Å². The number of nitriles is 1. The first-order valence-corrected chi connectivity index (χ1v) is 11.0. The van der Waals surface area contributed by atoms with E-state index < -0.39 is 11.8 Å². The Morgan fingerprint density at radius 3 is 2.82 bits per heavy atom. The average molecular weight is 477 g/mol. The highest BCUT2D eigenvalue weighted by molar-refractivity contribution is 7.13. The molecule has 1 saturated heterocycles. The SMILES string of the molecule is N#Cc1cc2c(Oc3ccc(NC(=O)Nc4nccs4)c(F)c3)ccnc2cc1OC[C@H]1CO1. The van der Waals surface area contributed by atoms with Crippen LogP contribution in [0.3, 0.4) is 0 Å². The summed E-state index contributed by atoms with van der Waals surface area (Å²) in [6.45, 7) is 1.00. The molecule has 34 heavy (non-hydrogen) atoms. The molecule has 0 aliphatic carbocycles. The minimum atomic E-state index is -0.680. The average Bonchev–Trinajstić information content (AvgIpc) is 3.53. The van der Waals surface area contributed by atoms with E-state index in [2.05, 4.69) is 26.7 Å². The predicted octanol–water partition coefficient (Wildman–Crippen LogP) is 4.92. The summed E-state index contributed by atoms with van der Waals surface area (Å²) >= 11 is 1.25. The quantitative estimate of drug-likeness (QED) is 0.363. The molecule has 0 spiro atoms. The molecule has 1 aliphatic heterocycles. The number of ether oxygens (including phenoxy) is 3. The van der Waals surface area contributed by atoms with E-state index in [1.165, 1.54) is 23.5 Å². The van der Waals surface area contributed by atoms with Crippen molar-refractivity contribution in [1.29, 1.82) is 5.26 Å². The van der Waals surface area contributed by atoms with Crippen molar-refractivity contribution in [3.63, 3.8) is 0 Å². The largest absolute Gasteiger partial charge is 0.489 e. The summed E-state index contributed by atoms with van der Waals surface area (Å²) < 4.78 is 31.3. The van der Waals surface area contributed by atoms with Crippen molar-refractivity contribution in [2.75, 3.05) is 23.8 Å². The molecule has 4 aromatic rings. The van der Waals surface area contributed by atoms with Gasteiger partial charge in [0, 0.05) is 35.3 Å². The molecule has 1 atom stereocenters. The molecule has 0 bridgehead atoms.